The van der Waals surface area contributed by atoms with Crippen LogP contribution in [-0.2, 0) is 13.0 Å². The predicted octanol–water partition coefficient (Wildman–Crippen LogP) is 3.74. The maximum atomic E-state index is 13.1. The second-order valence-electron chi connectivity index (χ2n) is 5.28. The molecule has 0 amide bonds. The fourth-order valence-corrected chi connectivity index (χ4v) is 2.70. The van der Waals surface area contributed by atoms with Gasteiger partial charge in [0.1, 0.15) is 18.2 Å². The summed E-state index contributed by atoms with van der Waals surface area (Å²) in [5, 5.41) is 0. The molecule has 0 heterocycles. The first-order chi connectivity index (χ1) is 9.72. The van der Waals surface area contributed by atoms with Crippen molar-refractivity contribution in [2.45, 2.75) is 31.9 Å². The van der Waals surface area contributed by atoms with E-state index < -0.39 is 0 Å². The van der Waals surface area contributed by atoms with E-state index in [4.69, 9.17) is 10.5 Å². The maximum absolute atomic E-state index is 13.1. The standard InChI is InChI=1S/C17H18FNO/c18-14-5-1-3-12(9-14)11-20-15-8-7-13-4-2-6-17(19)16(13)10-15/h1,3,5,7-10,17H,2,4,6,11,19H2/t17-/m0/s1. The molecular formula is C17H18FNO. The molecule has 0 saturated carbocycles. The van der Waals surface area contributed by atoms with E-state index in [1.165, 1.54) is 23.3 Å². The van der Waals surface area contributed by atoms with Crippen molar-refractivity contribution in [3.63, 3.8) is 0 Å². The highest BCUT2D eigenvalue weighted by molar-refractivity contribution is 5.39. The number of nitrogens with two attached hydrogens (primary N) is 1. The van der Waals surface area contributed by atoms with Crippen molar-refractivity contribution in [3.05, 3.63) is 65.0 Å². The van der Waals surface area contributed by atoms with Crippen molar-refractivity contribution in [1.29, 1.82) is 0 Å². The van der Waals surface area contributed by atoms with Crippen molar-refractivity contribution in [2.75, 3.05) is 0 Å². The Morgan fingerprint density at radius 1 is 1.20 bits per heavy atom. The van der Waals surface area contributed by atoms with Crippen molar-refractivity contribution >= 4 is 0 Å². The molecule has 0 radical (unpaired) electrons. The van der Waals surface area contributed by atoms with Gasteiger partial charge in [0.25, 0.3) is 0 Å². The van der Waals surface area contributed by atoms with Gasteiger partial charge >= 0.3 is 0 Å². The monoisotopic (exact) mass is 271 g/mol. The first kappa shape index (κ1) is 13.1. The Morgan fingerprint density at radius 2 is 2.10 bits per heavy atom. The van der Waals surface area contributed by atoms with E-state index in [0.717, 1.165) is 30.6 Å². The van der Waals surface area contributed by atoms with Crippen LogP contribution < -0.4 is 10.5 Å². The summed E-state index contributed by atoms with van der Waals surface area (Å²) in [6.45, 7) is 0.367. The van der Waals surface area contributed by atoms with E-state index in [1.807, 2.05) is 18.2 Å². The lowest BCUT2D eigenvalue weighted by molar-refractivity contribution is 0.304. The molecule has 2 N–H and O–H groups in total. The van der Waals surface area contributed by atoms with Gasteiger partial charge in [0.2, 0.25) is 0 Å². The van der Waals surface area contributed by atoms with Crippen LogP contribution in [0.1, 0.15) is 35.6 Å². The Morgan fingerprint density at radius 3 is 2.95 bits per heavy atom. The summed E-state index contributed by atoms with van der Waals surface area (Å²) in [5.41, 5.74) is 9.47. The minimum atomic E-state index is -0.237. The van der Waals surface area contributed by atoms with Crippen molar-refractivity contribution in [1.82, 2.24) is 0 Å². The number of rotatable bonds is 3. The second kappa shape index (κ2) is 5.63. The molecule has 2 aromatic carbocycles. The number of aryl methyl sites for hydroxylation is 1. The van der Waals surface area contributed by atoms with Crippen LogP contribution in [0.5, 0.6) is 5.75 Å². The molecule has 0 aromatic heterocycles. The van der Waals surface area contributed by atoms with Crippen LogP contribution >= 0.6 is 0 Å². The zero-order chi connectivity index (χ0) is 13.9. The molecule has 2 nitrogen and oxygen atoms in total. The lowest BCUT2D eigenvalue weighted by Gasteiger charge is -2.22. The number of halogens is 1. The number of benzene rings is 2. The van der Waals surface area contributed by atoms with Crippen LogP contribution in [-0.4, -0.2) is 0 Å². The van der Waals surface area contributed by atoms with Crippen molar-refractivity contribution in [2.24, 2.45) is 5.73 Å². The summed E-state index contributed by atoms with van der Waals surface area (Å²) in [6.07, 6.45) is 3.27. The zero-order valence-electron chi connectivity index (χ0n) is 11.3. The van der Waals surface area contributed by atoms with Gasteiger partial charge in [-0.15, -0.1) is 0 Å². The Kier molecular flexibility index (Phi) is 3.70. The molecule has 2 aromatic rings. The average Bonchev–Trinajstić information content (AvgIpc) is 2.46. The van der Waals surface area contributed by atoms with Crippen molar-refractivity contribution in [3.8, 4) is 5.75 Å². The zero-order valence-corrected chi connectivity index (χ0v) is 11.3. The molecule has 0 aliphatic heterocycles. The van der Waals surface area contributed by atoms with Gasteiger partial charge in [-0.3, -0.25) is 0 Å². The molecule has 104 valence electrons. The third-order valence-electron chi connectivity index (χ3n) is 3.77. The van der Waals surface area contributed by atoms with Gasteiger partial charge in [-0.25, -0.2) is 4.39 Å². The Balaban J connectivity index is 1.73. The Hall–Kier alpha value is -1.87. The topological polar surface area (TPSA) is 35.2 Å². The smallest absolute Gasteiger partial charge is 0.123 e. The SMILES string of the molecule is N[C@H]1CCCc2ccc(OCc3cccc(F)c3)cc21. The van der Waals surface area contributed by atoms with Crippen molar-refractivity contribution < 1.29 is 9.13 Å². The molecule has 1 aliphatic rings. The van der Waals surface area contributed by atoms with E-state index in [-0.39, 0.29) is 11.9 Å². The summed E-state index contributed by atoms with van der Waals surface area (Å²) >= 11 is 0. The summed E-state index contributed by atoms with van der Waals surface area (Å²) in [7, 11) is 0. The molecule has 1 aliphatic carbocycles. The molecular weight excluding hydrogens is 253 g/mol. The molecule has 3 heteroatoms. The lowest BCUT2D eigenvalue weighted by atomic mass is 9.88. The Labute approximate surface area is 118 Å². The molecule has 1 atom stereocenters. The summed E-state index contributed by atoms with van der Waals surface area (Å²) in [5.74, 6) is 0.559. The van der Waals surface area contributed by atoms with Crippen LogP contribution in [0.3, 0.4) is 0 Å². The maximum Gasteiger partial charge on any atom is 0.123 e. The number of ether oxygens (including phenoxy) is 1. The van der Waals surface area contributed by atoms with E-state index >= 15 is 0 Å². The molecule has 3 rings (SSSR count). The van der Waals surface area contributed by atoms with Gasteiger partial charge in [0.05, 0.1) is 0 Å². The van der Waals surface area contributed by atoms with Gasteiger partial charge in [0, 0.05) is 6.04 Å². The molecule has 0 fully saturated rings. The highest BCUT2D eigenvalue weighted by atomic mass is 19.1. The fraction of sp³-hybridized carbons (Fsp3) is 0.294. The molecule has 0 spiro atoms. The minimum Gasteiger partial charge on any atom is -0.489 e. The predicted molar refractivity (Wildman–Crippen MR) is 77.0 cm³/mol. The number of fused-ring (bicyclic) bond motifs is 1. The normalized spacial score (nSPS) is 17.6. The van der Waals surface area contributed by atoms with Crippen LogP contribution in [0.4, 0.5) is 4.39 Å². The summed E-state index contributed by atoms with van der Waals surface area (Å²) in [4.78, 5) is 0. The van der Waals surface area contributed by atoms with Crippen LogP contribution in [0, 0.1) is 5.82 Å². The van der Waals surface area contributed by atoms with E-state index in [0.29, 0.717) is 6.61 Å². The quantitative estimate of drug-likeness (QED) is 0.923. The molecule has 0 saturated heterocycles. The molecule has 0 unspecified atom stereocenters. The van der Waals surface area contributed by atoms with E-state index in [1.54, 1.807) is 6.07 Å². The average molecular weight is 271 g/mol. The highest BCUT2D eigenvalue weighted by Gasteiger charge is 2.17. The summed E-state index contributed by atoms with van der Waals surface area (Å²) < 4.78 is 18.8. The van der Waals surface area contributed by atoms with Gasteiger partial charge in [-0.2, -0.15) is 0 Å². The first-order valence-electron chi connectivity index (χ1n) is 6.98. The summed E-state index contributed by atoms with van der Waals surface area (Å²) in [6, 6.07) is 12.7. The molecule has 20 heavy (non-hydrogen) atoms. The van der Waals surface area contributed by atoms with Crippen LogP contribution in [0.15, 0.2) is 42.5 Å². The first-order valence-corrected chi connectivity index (χ1v) is 6.98. The van der Waals surface area contributed by atoms with E-state index in [2.05, 4.69) is 6.07 Å². The lowest BCUT2D eigenvalue weighted by Crippen LogP contribution is -2.17. The minimum absolute atomic E-state index is 0.108. The Bertz CT molecular complexity index is 612. The van der Waals surface area contributed by atoms with Crippen LogP contribution in [0.2, 0.25) is 0 Å². The fourth-order valence-electron chi connectivity index (χ4n) is 2.70. The van der Waals surface area contributed by atoms with Gasteiger partial charge in [-0.05, 0) is 60.2 Å². The second-order valence-corrected chi connectivity index (χ2v) is 5.28. The highest BCUT2D eigenvalue weighted by Crippen LogP contribution is 2.31. The van der Waals surface area contributed by atoms with Crippen LogP contribution in [0.25, 0.3) is 0 Å². The number of hydrogen-bond acceptors (Lipinski definition) is 2. The third kappa shape index (κ3) is 2.83. The van der Waals surface area contributed by atoms with Gasteiger partial charge in [-0.1, -0.05) is 18.2 Å². The van der Waals surface area contributed by atoms with E-state index in [9.17, 15) is 4.39 Å². The number of hydrogen-bond donors (Lipinski definition) is 1. The molecule has 0 bridgehead atoms. The largest absolute Gasteiger partial charge is 0.489 e. The third-order valence-corrected chi connectivity index (χ3v) is 3.77. The van der Waals surface area contributed by atoms with Gasteiger partial charge in [0.15, 0.2) is 0 Å². The van der Waals surface area contributed by atoms with Gasteiger partial charge < -0.3 is 10.5 Å².